The molecule has 2 nitrogen and oxygen atoms in total. The Labute approximate surface area is 67.7 Å². The molecule has 60 valence electrons. The van der Waals surface area contributed by atoms with Crippen molar-refractivity contribution in [2.45, 2.75) is 33.3 Å². The molecule has 1 atom stereocenters. The van der Waals surface area contributed by atoms with Gasteiger partial charge in [-0.2, -0.15) is 0 Å². The summed E-state index contributed by atoms with van der Waals surface area (Å²) in [7, 11) is 0. The van der Waals surface area contributed by atoms with Crippen molar-refractivity contribution in [1.82, 2.24) is 0 Å². The maximum absolute atomic E-state index is 5.22. The molecule has 10 heavy (non-hydrogen) atoms. The first-order valence-electron chi connectivity index (χ1n) is 3.54. The lowest BCUT2D eigenvalue weighted by molar-refractivity contribution is 0.137. The highest BCUT2D eigenvalue weighted by atomic mass is 32.1. The average molecular weight is 161 g/mol. The van der Waals surface area contributed by atoms with E-state index in [4.69, 9.17) is 10.5 Å². The second-order valence-electron chi connectivity index (χ2n) is 2.63. The van der Waals surface area contributed by atoms with E-state index < -0.39 is 0 Å². The molecule has 0 aromatic carbocycles. The predicted octanol–water partition coefficient (Wildman–Crippen LogP) is 1.68. The highest BCUT2D eigenvalue weighted by Crippen LogP contribution is 2.09. The summed E-state index contributed by atoms with van der Waals surface area (Å²) in [6.45, 7) is 6.24. The molecule has 0 aliphatic heterocycles. The maximum atomic E-state index is 5.22. The number of nitrogens with two attached hydrogens (primary N) is 1. The van der Waals surface area contributed by atoms with Crippen molar-refractivity contribution in [3.8, 4) is 0 Å². The summed E-state index contributed by atoms with van der Waals surface area (Å²) in [6.07, 6.45) is 1.13. The van der Waals surface area contributed by atoms with E-state index in [1.165, 1.54) is 0 Å². The topological polar surface area (TPSA) is 35.2 Å². The van der Waals surface area contributed by atoms with E-state index in [-0.39, 0.29) is 11.3 Å². The van der Waals surface area contributed by atoms with Crippen LogP contribution in [0.2, 0.25) is 0 Å². The van der Waals surface area contributed by atoms with Gasteiger partial charge in [-0.15, -0.1) is 0 Å². The summed E-state index contributed by atoms with van der Waals surface area (Å²) in [5, 5.41) is 0.153. The molecule has 0 fully saturated rings. The van der Waals surface area contributed by atoms with Gasteiger partial charge < -0.3 is 10.5 Å². The van der Waals surface area contributed by atoms with Crippen LogP contribution in [-0.2, 0) is 4.74 Å². The summed E-state index contributed by atoms with van der Waals surface area (Å²) in [5.74, 6) is 0.478. The van der Waals surface area contributed by atoms with Gasteiger partial charge >= 0.3 is 0 Å². The van der Waals surface area contributed by atoms with Crippen molar-refractivity contribution in [3.63, 3.8) is 0 Å². The van der Waals surface area contributed by atoms with E-state index in [9.17, 15) is 0 Å². The van der Waals surface area contributed by atoms with Gasteiger partial charge in [-0.1, -0.05) is 20.8 Å². The van der Waals surface area contributed by atoms with Gasteiger partial charge in [-0.25, -0.2) is 0 Å². The summed E-state index contributed by atoms with van der Waals surface area (Å²) < 4.78 is 5.17. The van der Waals surface area contributed by atoms with Gasteiger partial charge in [-0.3, -0.25) is 0 Å². The Hall–Kier alpha value is -0.310. The molecule has 0 heterocycles. The van der Waals surface area contributed by atoms with Crippen LogP contribution in [0.25, 0.3) is 0 Å². The Kier molecular flexibility index (Phi) is 4.36. The Bertz CT molecular complexity index is 114. The largest absolute Gasteiger partial charge is 0.468 e. The standard InChI is InChI=1S/C7H15NOS/c1-4-6(5(2)3)9-7(8)10/h5-6H,4H2,1-3H3,(H2,8,10). The molecule has 0 aliphatic rings. The molecule has 0 spiro atoms. The van der Waals surface area contributed by atoms with E-state index in [1.54, 1.807) is 0 Å². The monoisotopic (exact) mass is 161 g/mol. The van der Waals surface area contributed by atoms with E-state index in [0.717, 1.165) is 6.42 Å². The Morgan fingerprint density at radius 1 is 1.60 bits per heavy atom. The smallest absolute Gasteiger partial charge is 0.254 e. The van der Waals surface area contributed by atoms with Gasteiger partial charge in [0.2, 0.25) is 0 Å². The Morgan fingerprint density at radius 3 is 2.20 bits per heavy atom. The lowest BCUT2D eigenvalue weighted by atomic mass is 10.1. The zero-order valence-corrected chi connectivity index (χ0v) is 7.57. The van der Waals surface area contributed by atoms with E-state index in [1.807, 2.05) is 0 Å². The van der Waals surface area contributed by atoms with Crippen molar-refractivity contribution in [2.75, 3.05) is 0 Å². The van der Waals surface area contributed by atoms with Crippen molar-refractivity contribution in [2.24, 2.45) is 11.7 Å². The summed E-state index contributed by atoms with van der Waals surface area (Å²) in [6, 6.07) is 0. The fourth-order valence-corrected chi connectivity index (χ4v) is 0.964. The molecule has 0 saturated carbocycles. The minimum Gasteiger partial charge on any atom is -0.468 e. The molecule has 3 heteroatoms. The minimum atomic E-state index is 0.153. The van der Waals surface area contributed by atoms with Crippen LogP contribution < -0.4 is 5.73 Å². The first-order chi connectivity index (χ1) is 4.57. The van der Waals surface area contributed by atoms with Crippen LogP contribution in [0.4, 0.5) is 0 Å². The number of hydrogen-bond donors (Lipinski definition) is 1. The van der Waals surface area contributed by atoms with Crippen molar-refractivity contribution < 1.29 is 4.74 Å². The van der Waals surface area contributed by atoms with Crippen LogP contribution in [0.5, 0.6) is 0 Å². The first kappa shape index (κ1) is 9.69. The van der Waals surface area contributed by atoms with Crippen LogP contribution in [0.15, 0.2) is 0 Å². The van der Waals surface area contributed by atoms with E-state index in [0.29, 0.717) is 5.92 Å². The van der Waals surface area contributed by atoms with Crippen molar-refractivity contribution >= 4 is 17.4 Å². The summed E-state index contributed by atoms with van der Waals surface area (Å²) >= 11 is 4.61. The van der Waals surface area contributed by atoms with Gasteiger partial charge in [0.15, 0.2) is 0 Å². The second kappa shape index (κ2) is 4.50. The van der Waals surface area contributed by atoms with Crippen molar-refractivity contribution in [3.05, 3.63) is 0 Å². The molecule has 0 aromatic heterocycles. The first-order valence-corrected chi connectivity index (χ1v) is 3.94. The number of thiocarbonyl (C=S) groups is 1. The fraction of sp³-hybridized carbons (Fsp3) is 0.857. The molecular formula is C7H15NOS. The maximum Gasteiger partial charge on any atom is 0.254 e. The Balaban J connectivity index is 3.71. The summed E-state index contributed by atoms with van der Waals surface area (Å²) in [4.78, 5) is 0. The van der Waals surface area contributed by atoms with Gasteiger partial charge in [0.05, 0.1) is 0 Å². The van der Waals surface area contributed by atoms with E-state index in [2.05, 4.69) is 33.0 Å². The number of rotatable bonds is 3. The third-order valence-electron chi connectivity index (χ3n) is 1.41. The molecule has 0 radical (unpaired) electrons. The zero-order valence-electron chi connectivity index (χ0n) is 6.76. The third-order valence-corrected chi connectivity index (χ3v) is 1.51. The molecule has 0 aromatic rings. The quantitative estimate of drug-likeness (QED) is 0.640. The normalized spacial score (nSPS) is 13.2. The minimum absolute atomic E-state index is 0.153. The highest BCUT2D eigenvalue weighted by Gasteiger charge is 2.11. The predicted molar refractivity (Wildman–Crippen MR) is 46.8 cm³/mol. The Morgan fingerprint density at radius 2 is 2.10 bits per heavy atom. The van der Waals surface area contributed by atoms with Crippen LogP contribution in [0.1, 0.15) is 27.2 Å². The molecule has 0 amide bonds. The van der Waals surface area contributed by atoms with Crippen LogP contribution in [0, 0.1) is 5.92 Å². The number of ether oxygens (including phenoxy) is 1. The molecule has 2 N–H and O–H groups in total. The lowest BCUT2D eigenvalue weighted by Crippen LogP contribution is -2.25. The fourth-order valence-electron chi connectivity index (χ4n) is 0.840. The molecule has 0 aliphatic carbocycles. The molecule has 0 rings (SSSR count). The summed E-state index contributed by atoms with van der Waals surface area (Å²) in [5.41, 5.74) is 5.22. The van der Waals surface area contributed by atoms with Crippen LogP contribution in [0.3, 0.4) is 0 Å². The number of hydrogen-bond acceptors (Lipinski definition) is 2. The van der Waals surface area contributed by atoms with Crippen LogP contribution in [-0.4, -0.2) is 11.3 Å². The van der Waals surface area contributed by atoms with Crippen LogP contribution >= 0.6 is 12.2 Å². The molecule has 1 unspecified atom stereocenters. The highest BCUT2D eigenvalue weighted by molar-refractivity contribution is 7.80. The van der Waals surface area contributed by atoms with Gasteiger partial charge in [0.1, 0.15) is 6.10 Å². The average Bonchev–Trinajstić information content (AvgIpc) is 1.81. The van der Waals surface area contributed by atoms with Gasteiger partial charge in [0, 0.05) is 0 Å². The zero-order chi connectivity index (χ0) is 8.15. The van der Waals surface area contributed by atoms with Gasteiger partial charge in [0.25, 0.3) is 5.17 Å². The molecular weight excluding hydrogens is 146 g/mol. The van der Waals surface area contributed by atoms with E-state index >= 15 is 0 Å². The SMILES string of the molecule is CCC(OC(N)=S)C(C)C. The third kappa shape index (κ3) is 3.67. The van der Waals surface area contributed by atoms with Gasteiger partial charge in [-0.05, 0) is 24.6 Å². The molecule has 0 bridgehead atoms. The lowest BCUT2D eigenvalue weighted by Gasteiger charge is -2.19. The molecule has 0 saturated heterocycles. The second-order valence-corrected chi connectivity index (χ2v) is 3.03. The van der Waals surface area contributed by atoms with Crippen molar-refractivity contribution in [1.29, 1.82) is 0 Å².